The summed E-state index contributed by atoms with van der Waals surface area (Å²) >= 11 is 0. The Hall–Kier alpha value is -3.78. The van der Waals surface area contributed by atoms with Crippen LogP contribution in [-0.4, -0.2) is 91.0 Å². The number of carbonyl (C=O) groups is 5. The highest BCUT2D eigenvalue weighted by atomic mass is 32.2. The number of fused-ring (bicyclic) bond motifs is 2. The molecule has 13 nitrogen and oxygen atoms in total. The molecule has 1 aromatic carbocycles. The van der Waals surface area contributed by atoms with Crippen LogP contribution in [0.4, 0.5) is 4.79 Å². The number of likely N-dealkylation sites (tertiary alicyclic amines) is 1. The fourth-order valence-corrected chi connectivity index (χ4v) is 10.1. The second-order valence-corrected chi connectivity index (χ2v) is 18.4. The van der Waals surface area contributed by atoms with Crippen molar-refractivity contribution in [3.63, 3.8) is 0 Å². The van der Waals surface area contributed by atoms with Crippen molar-refractivity contribution in [1.82, 2.24) is 30.5 Å². The molecule has 2 heterocycles. The highest BCUT2D eigenvalue weighted by Gasteiger charge is 2.69. The summed E-state index contributed by atoms with van der Waals surface area (Å²) in [6, 6.07) is 2.87. The number of rotatable bonds is 13. The lowest BCUT2D eigenvalue weighted by atomic mass is 9.83. The molecule has 3 fully saturated rings. The average molecular weight is 741 g/mol. The smallest absolute Gasteiger partial charge is 0.315 e. The maximum absolute atomic E-state index is 14.6. The summed E-state index contributed by atoms with van der Waals surface area (Å²) in [6.07, 6.45) is 5.97. The van der Waals surface area contributed by atoms with Gasteiger partial charge in [0.15, 0.2) is 0 Å². The zero-order valence-electron chi connectivity index (χ0n) is 31.4. The first kappa shape index (κ1) is 39.4. The van der Waals surface area contributed by atoms with Gasteiger partial charge in [-0.25, -0.2) is 13.2 Å². The number of hydrogen-bond donors (Lipinski definition) is 4. The van der Waals surface area contributed by atoms with E-state index in [0.29, 0.717) is 12.1 Å². The van der Waals surface area contributed by atoms with E-state index in [1.807, 2.05) is 20.8 Å². The zero-order chi connectivity index (χ0) is 38.2. The van der Waals surface area contributed by atoms with Crippen molar-refractivity contribution in [3.8, 4) is 0 Å². The van der Waals surface area contributed by atoms with Crippen LogP contribution in [0.3, 0.4) is 0 Å². The van der Waals surface area contributed by atoms with E-state index in [9.17, 15) is 32.4 Å². The number of hydrogen-bond acceptors (Lipinski definition) is 7. The molecule has 5 rings (SSSR count). The molecule has 1 saturated heterocycles. The van der Waals surface area contributed by atoms with Gasteiger partial charge >= 0.3 is 6.03 Å². The molecular weight excluding hydrogens is 685 g/mol. The number of urea groups is 1. The molecule has 5 amide bonds. The quantitative estimate of drug-likeness (QED) is 0.178. The predicted octanol–water partition coefficient (Wildman–Crippen LogP) is 3.10. The monoisotopic (exact) mass is 740 g/mol. The van der Waals surface area contributed by atoms with E-state index >= 15 is 0 Å². The Kier molecular flexibility index (Phi) is 11.6. The minimum Gasteiger partial charge on any atom is -0.346 e. The first-order chi connectivity index (χ1) is 24.4. The first-order valence-electron chi connectivity index (χ1n) is 18.6. The van der Waals surface area contributed by atoms with Gasteiger partial charge in [-0.1, -0.05) is 85.1 Å². The van der Waals surface area contributed by atoms with Gasteiger partial charge < -0.3 is 26.2 Å². The maximum Gasteiger partial charge on any atom is 0.315 e. The number of sulfonamides is 1. The number of ketones is 1. The third-order valence-corrected chi connectivity index (χ3v) is 13.7. The van der Waals surface area contributed by atoms with Crippen LogP contribution in [0.25, 0.3) is 0 Å². The third-order valence-electron chi connectivity index (χ3n) is 11.8. The summed E-state index contributed by atoms with van der Waals surface area (Å²) in [7, 11) is -3.74. The Bertz CT molecular complexity index is 1680. The normalized spacial score (nSPS) is 25.1. The molecule has 6 atom stereocenters. The second kappa shape index (κ2) is 15.3. The van der Waals surface area contributed by atoms with Gasteiger partial charge in [0.1, 0.15) is 12.1 Å². The minimum atomic E-state index is -3.74. The van der Waals surface area contributed by atoms with Crippen molar-refractivity contribution in [2.24, 2.45) is 28.6 Å². The van der Waals surface area contributed by atoms with Crippen LogP contribution in [0, 0.1) is 28.6 Å². The molecule has 4 N–H and O–H groups in total. The second-order valence-electron chi connectivity index (χ2n) is 16.5. The van der Waals surface area contributed by atoms with Gasteiger partial charge in [0, 0.05) is 32.2 Å². The standard InChI is InChI=1S/C38H56N6O7S/c1-8-19-39-34(47)32(45)26(9-2)40-33(46)31-29-25(38(29,6)7)21-44(31)35(48)30(23-15-11-10-12-16-23)42-36(49)41-28(37(3,4)5)22-43-20-24-17-13-14-18-27(24)52(43,50)51/h8,13-14,17-18,23,25-26,28-31H,1,9-12,15-16,19-22H2,2-7H3,(H,39,47)(H,40,46)(H2,41,42,49)/t25-,26?,28+,29-,30-,31-/m0/s1. The molecule has 286 valence electrons. The number of piperidine rings is 1. The lowest BCUT2D eigenvalue weighted by Gasteiger charge is -2.38. The van der Waals surface area contributed by atoms with Crippen molar-refractivity contribution in [2.45, 2.75) is 116 Å². The molecule has 0 bridgehead atoms. The highest BCUT2D eigenvalue weighted by Crippen LogP contribution is 2.65. The Morgan fingerprint density at radius 3 is 2.31 bits per heavy atom. The summed E-state index contributed by atoms with van der Waals surface area (Å²) in [4.78, 5) is 69.7. The minimum absolute atomic E-state index is 0.0473. The summed E-state index contributed by atoms with van der Waals surface area (Å²) in [6.45, 7) is 15.9. The van der Waals surface area contributed by atoms with Gasteiger partial charge in [0.25, 0.3) is 5.91 Å². The van der Waals surface area contributed by atoms with Crippen LogP contribution in [0.2, 0.25) is 0 Å². The largest absolute Gasteiger partial charge is 0.346 e. The van der Waals surface area contributed by atoms with E-state index in [1.54, 1.807) is 36.1 Å². The molecule has 2 aliphatic carbocycles. The number of nitrogens with one attached hydrogen (secondary N) is 4. The molecule has 2 saturated carbocycles. The molecule has 2 aliphatic heterocycles. The Morgan fingerprint density at radius 1 is 1.02 bits per heavy atom. The Morgan fingerprint density at radius 2 is 1.69 bits per heavy atom. The molecule has 1 aromatic rings. The van der Waals surface area contributed by atoms with Gasteiger partial charge in [-0.05, 0) is 59.5 Å². The van der Waals surface area contributed by atoms with Crippen molar-refractivity contribution < 1.29 is 32.4 Å². The number of amides is 5. The number of Topliss-reactive ketones (excluding diaryl/α,β-unsaturated/α-hetero) is 1. The van der Waals surface area contributed by atoms with Crippen LogP contribution >= 0.6 is 0 Å². The lowest BCUT2D eigenvalue weighted by molar-refractivity contribution is -0.144. The van der Waals surface area contributed by atoms with Crippen LogP contribution in [0.1, 0.15) is 85.6 Å². The maximum atomic E-state index is 14.6. The molecule has 4 aliphatic rings. The fourth-order valence-electron chi connectivity index (χ4n) is 8.40. The number of nitrogens with zero attached hydrogens (tertiary/aromatic N) is 2. The molecule has 0 radical (unpaired) electrons. The van der Waals surface area contributed by atoms with Gasteiger partial charge in [0.05, 0.1) is 10.9 Å². The van der Waals surface area contributed by atoms with E-state index in [4.69, 9.17) is 0 Å². The summed E-state index contributed by atoms with van der Waals surface area (Å²) in [5.41, 5.74) is -0.0298. The molecule has 52 heavy (non-hydrogen) atoms. The topological polar surface area (TPSA) is 174 Å². The summed E-state index contributed by atoms with van der Waals surface area (Å²) < 4.78 is 28.2. The van der Waals surface area contributed by atoms with Crippen LogP contribution in [0.5, 0.6) is 0 Å². The SMILES string of the molecule is C=CCNC(=O)C(=O)C(CC)NC(=O)[C@@H]1[C@@H]2[C@H](CN1C(=O)[C@@H](NC(=O)N[C@H](CN1Cc3ccccc3S1(=O)=O)C(C)(C)C)C1CCCCC1)C2(C)C. The van der Waals surface area contributed by atoms with E-state index in [-0.39, 0.29) is 60.0 Å². The lowest BCUT2D eigenvalue weighted by Crippen LogP contribution is -2.61. The molecule has 0 aromatic heterocycles. The van der Waals surface area contributed by atoms with Crippen molar-refractivity contribution in [3.05, 3.63) is 42.5 Å². The Balaban J connectivity index is 1.34. The zero-order valence-corrected chi connectivity index (χ0v) is 32.2. The third kappa shape index (κ3) is 7.92. The van der Waals surface area contributed by atoms with E-state index < -0.39 is 63.2 Å². The fraction of sp³-hybridized carbons (Fsp3) is 0.658. The number of carbonyl (C=O) groups excluding carboxylic acids is 5. The van der Waals surface area contributed by atoms with Gasteiger partial charge in [-0.15, -0.1) is 6.58 Å². The molecule has 1 unspecified atom stereocenters. The van der Waals surface area contributed by atoms with Gasteiger partial charge in [-0.2, -0.15) is 4.31 Å². The van der Waals surface area contributed by atoms with E-state index in [1.165, 1.54) is 10.4 Å². The van der Waals surface area contributed by atoms with Gasteiger partial charge in [0.2, 0.25) is 27.6 Å². The molecular formula is C38H56N6O7S. The first-order valence-corrected chi connectivity index (χ1v) is 20.1. The van der Waals surface area contributed by atoms with Crippen LogP contribution in [0.15, 0.2) is 41.8 Å². The van der Waals surface area contributed by atoms with Crippen molar-refractivity contribution >= 4 is 39.6 Å². The van der Waals surface area contributed by atoms with E-state index in [2.05, 4.69) is 41.7 Å². The van der Waals surface area contributed by atoms with Crippen molar-refractivity contribution in [2.75, 3.05) is 19.6 Å². The summed E-state index contributed by atoms with van der Waals surface area (Å²) in [5, 5.41) is 11.2. The summed E-state index contributed by atoms with van der Waals surface area (Å²) in [5.74, 6) is -2.65. The Labute approximate surface area is 308 Å². The van der Waals surface area contributed by atoms with Crippen molar-refractivity contribution in [1.29, 1.82) is 0 Å². The van der Waals surface area contributed by atoms with Crippen LogP contribution < -0.4 is 21.3 Å². The molecule has 14 heteroatoms. The predicted molar refractivity (Wildman–Crippen MR) is 196 cm³/mol. The average Bonchev–Trinajstić information content (AvgIpc) is 3.36. The van der Waals surface area contributed by atoms with E-state index in [0.717, 1.165) is 32.1 Å². The van der Waals surface area contributed by atoms with Crippen LogP contribution in [-0.2, 0) is 35.7 Å². The number of benzene rings is 1. The highest BCUT2D eigenvalue weighted by molar-refractivity contribution is 7.89. The molecule has 0 spiro atoms. The van der Waals surface area contributed by atoms with Gasteiger partial charge in [-0.3, -0.25) is 19.2 Å².